The Kier molecular flexibility index (Phi) is 4.00. The molecule has 0 aromatic carbocycles. The summed E-state index contributed by atoms with van der Waals surface area (Å²) in [5.41, 5.74) is -0.0660. The molecule has 0 aromatic rings. The van der Waals surface area contributed by atoms with Crippen LogP contribution in [0.15, 0.2) is 0 Å². The van der Waals surface area contributed by atoms with Crippen molar-refractivity contribution >= 4 is 5.97 Å². The van der Waals surface area contributed by atoms with Crippen molar-refractivity contribution in [3.63, 3.8) is 0 Å². The van der Waals surface area contributed by atoms with Gasteiger partial charge in [0.1, 0.15) is 5.54 Å². The highest BCUT2D eigenvalue weighted by Crippen LogP contribution is 2.52. The van der Waals surface area contributed by atoms with Gasteiger partial charge in [-0.25, -0.2) is 0 Å². The maximum absolute atomic E-state index is 11.8. The van der Waals surface area contributed by atoms with Gasteiger partial charge in [0.15, 0.2) is 0 Å². The van der Waals surface area contributed by atoms with Gasteiger partial charge in [0.05, 0.1) is 0 Å². The molecule has 0 amide bonds. The van der Waals surface area contributed by atoms with Crippen molar-refractivity contribution in [3.05, 3.63) is 0 Å². The van der Waals surface area contributed by atoms with E-state index in [1.165, 1.54) is 25.7 Å². The summed E-state index contributed by atoms with van der Waals surface area (Å²) in [6, 6.07) is 0. The molecule has 0 aliphatic heterocycles. The van der Waals surface area contributed by atoms with Gasteiger partial charge in [-0.3, -0.25) is 9.69 Å². The summed E-state index contributed by atoms with van der Waals surface area (Å²) >= 11 is 0. The van der Waals surface area contributed by atoms with Crippen LogP contribution in [0, 0.1) is 5.41 Å². The molecular weight excluding hydrogens is 226 g/mol. The van der Waals surface area contributed by atoms with Gasteiger partial charge in [0.2, 0.25) is 0 Å². The van der Waals surface area contributed by atoms with Crippen LogP contribution < -0.4 is 0 Å². The monoisotopic (exact) mass is 253 g/mol. The van der Waals surface area contributed by atoms with E-state index < -0.39 is 11.5 Å². The van der Waals surface area contributed by atoms with E-state index in [1.54, 1.807) is 0 Å². The standard InChI is InChI=1S/C15H27NO2/c1-3-16(4-2)15(13(17)18)11-9-14(10-12-15)7-5-6-8-14/h3-12H2,1-2H3,(H,17,18). The minimum atomic E-state index is -0.598. The smallest absolute Gasteiger partial charge is 0.324 e. The third-order valence-electron chi connectivity index (χ3n) is 5.57. The zero-order valence-electron chi connectivity index (χ0n) is 11.9. The molecule has 2 saturated carbocycles. The molecule has 2 aliphatic carbocycles. The number of rotatable bonds is 4. The van der Waals surface area contributed by atoms with Crippen LogP contribution in [-0.2, 0) is 4.79 Å². The lowest BCUT2D eigenvalue weighted by Crippen LogP contribution is -2.57. The fourth-order valence-electron chi connectivity index (χ4n) is 4.31. The first-order valence-electron chi connectivity index (χ1n) is 7.57. The summed E-state index contributed by atoms with van der Waals surface area (Å²) in [5.74, 6) is -0.598. The maximum Gasteiger partial charge on any atom is 0.324 e. The highest BCUT2D eigenvalue weighted by atomic mass is 16.4. The molecule has 2 fully saturated rings. The van der Waals surface area contributed by atoms with E-state index in [0.29, 0.717) is 5.41 Å². The lowest BCUT2D eigenvalue weighted by Gasteiger charge is -2.47. The molecular formula is C15H27NO2. The zero-order chi connectivity index (χ0) is 13.2. The Labute approximate surface area is 111 Å². The van der Waals surface area contributed by atoms with Crippen LogP contribution in [0.2, 0.25) is 0 Å². The fraction of sp³-hybridized carbons (Fsp3) is 0.933. The first-order chi connectivity index (χ1) is 8.58. The quantitative estimate of drug-likeness (QED) is 0.836. The summed E-state index contributed by atoms with van der Waals surface area (Å²) in [7, 11) is 0. The maximum atomic E-state index is 11.8. The third-order valence-corrected chi connectivity index (χ3v) is 5.57. The van der Waals surface area contributed by atoms with Gasteiger partial charge >= 0.3 is 5.97 Å². The van der Waals surface area contributed by atoms with E-state index in [9.17, 15) is 9.90 Å². The molecule has 0 saturated heterocycles. The Morgan fingerprint density at radius 1 is 1.00 bits per heavy atom. The SMILES string of the molecule is CCN(CC)C1(C(=O)O)CCC2(CCCC2)CC1. The number of carbonyl (C=O) groups is 1. The van der Waals surface area contributed by atoms with Crippen molar-refractivity contribution in [2.24, 2.45) is 5.41 Å². The van der Waals surface area contributed by atoms with Crippen LogP contribution in [0.1, 0.15) is 65.2 Å². The minimum Gasteiger partial charge on any atom is -0.480 e. The molecule has 3 nitrogen and oxygen atoms in total. The molecule has 0 unspecified atom stereocenters. The molecule has 0 radical (unpaired) electrons. The molecule has 1 N–H and O–H groups in total. The molecule has 0 atom stereocenters. The van der Waals surface area contributed by atoms with E-state index in [2.05, 4.69) is 18.7 Å². The van der Waals surface area contributed by atoms with Crippen LogP contribution in [-0.4, -0.2) is 34.6 Å². The Morgan fingerprint density at radius 2 is 1.50 bits per heavy atom. The lowest BCUT2D eigenvalue weighted by atomic mass is 9.66. The van der Waals surface area contributed by atoms with E-state index >= 15 is 0 Å². The average Bonchev–Trinajstić information content (AvgIpc) is 2.82. The molecule has 2 aliphatic rings. The van der Waals surface area contributed by atoms with Crippen LogP contribution >= 0.6 is 0 Å². The topological polar surface area (TPSA) is 40.5 Å². The number of nitrogens with zero attached hydrogens (tertiary/aromatic N) is 1. The normalized spacial score (nSPS) is 25.7. The Morgan fingerprint density at radius 3 is 1.89 bits per heavy atom. The molecule has 104 valence electrons. The highest BCUT2D eigenvalue weighted by molar-refractivity contribution is 5.79. The number of aliphatic carboxylic acids is 1. The summed E-state index contributed by atoms with van der Waals surface area (Å²) in [6.07, 6.45) is 9.32. The largest absolute Gasteiger partial charge is 0.480 e. The van der Waals surface area contributed by atoms with Crippen molar-refractivity contribution in [1.29, 1.82) is 0 Å². The van der Waals surface area contributed by atoms with Gasteiger partial charge in [0, 0.05) is 0 Å². The van der Waals surface area contributed by atoms with Crippen LogP contribution in [0.5, 0.6) is 0 Å². The second-order valence-corrected chi connectivity index (χ2v) is 6.22. The number of carboxylic acids is 1. The Balaban J connectivity index is 2.12. The summed E-state index contributed by atoms with van der Waals surface area (Å²) in [6.45, 7) is 5.84. The predicted octanol–water partition coefficient (Wildman–Crippen LogP) is 3.29. The second kappa shape index (κ2) is 5.20. The van der Waals surface area contributed by atoms with Gasteiger partial charge < -0.3 is 5.11 Å². The van der Waals surface area contributed by atoms with E-state index in [-0.39, 0.29) is 0 Å². The van der Waals surface area contributed by atoms with E-state index in [4.69, 9.17) is 0 Å². The van der Waals surface area contributed by atoms with Crippen molar-refractivity contribution in [3.8, 4) is 0 Å². The third kappa shape index (κ3) is 2.18. The number of carboxylic acid groups (broad SMARTS) is 1. The molecule has 0 aromatic heterocycles. The summed E-state index contributed by atoms with van der Waals surface area (Å²) in [4.78, 5) is 14.0. The zero-order valence-corrected chi connectivity index (χ0v) is 11.9. The Hall–Kier alpha value is -0.570. The van der Waals surface area contributed by atoms with Crippen molar-refractivity contribution < 1.29 is 9.90 Å². The van der Waals surface area contributed by atoms with Crippen LogP contribution in [0.4, 0.5) is 0 Å². The molecule has 0 bridgehead atoms. The predicted molar refractivity (Wildman–Crippen MR) is 72.7 cm³/mol. The van der Waals surface area contributed by atoms with Gasteiger partial charge in [-0.2, -0.15) is 0 Å². The van der Waals surface area contributed by atoms with Gasteiger partial charge in [-0.1, -0.05) is 26.7 Å². The average molecular weight is 253 g/mol. The van der Waals surface area contributed by atoms with Crippen molar-refractivity contribution in [2.75, 3.05) is 13.1 Å². The summed E-state index contributed by atoms with van der Waals surface area (Å²) < 4.78 is 0. The second-order valence-electron chi connectivity index (χ2n) is 6.22. The van der Waals surface area contributed by atoms with Crippen molar-refractivity contribution in [1.82, 2.24) is 4.90 Å². The van der Waals surface area contributed by atoms with E-state index in [1.807, 2.05) is 0 Å². The molecule has 2 rings (SSSR count). The van der Waals surface area contributed by atoms with Gasteiger partial charge in [-0.05, 0) is 57.0 Å². The van der Waals surface area contributed by atoms with Crippen molar-refractivity contribution in [2.45, 2.75) is 70.8 Å². The molecule has 1 spiro atoms. The lowest BCUT2D eigenvalue weighted by molar-refractivity contribution is -0.156. The van der Waals surface area contributed by atoms with Gasteiger partial charge in [-0.15, -0.1) is 0 Å². The Bertz CT molecular complexity index is 294. The van der Waals surface area contributed by atoms with E-state index in [0.717, 1.165) is 38.8 Å². The fourth-order valence-corrected chi connectivity index (χ4v) is 4.31. The number of hydrogen-bond donors (Lipinski definition) is 1. The van der Waals surface area contributed by atoms with Crippen LogP contribution in [0.3, 0.4) is 0 Å². The van der Waals surface area contributed by atoms with Crippen LogP contribution in [0.25, 0.3) is 0 Å². The number of likely N-dealkylation sites (N-methyl/N-ethyl adjacent to an activating group) is 1. The first-order valence-corrected chi connectivity index (χ1v) is 7.57. The molecule has 18 heavy (non-hydrogen) atoms. The minimum absolute atomic E-state index is 0.506. The highest BCUT2D eigenvalue weighted by Gasteiger charge is 2.50. The van der Waals surface area contributed by atoms with Gasteiger partial charge in [0.25, 0.3) is 0 Å². The summed E-state index contributed by atoms with van der Waals surface area (Å²) in [5, 5.41) is 9.71. The molecule has 0 heterocycles. The molecule has 3 heteroatoms. The first kappa shape index (κ1) is 13.9. The number of hydrogen-bond acceptors (Lipinski definition) is 2.